The molecule has 0 bridgehead atoms. The number of aliphatic hydroxyl groups excluding tert-OH is 1. The molecule has 2 aromatic rings. The smallest absolute Gasteiger partial charge is 0.203 e. The molecule has 1 aromatic carbocycles. The highest BCUT2D eigenvalue weighted by Crippen LogP contribution is 2.41. The van der Waals surface area contributed by atoms with Gasteiger partial charge >= 0.3 is 0 Å². The van der Waals surface area contributed by atoms with Crippen LogP contribution in [0.25, 0.3) is 0 Å². The summed E-state index contributed by atoms with van der Waals surface area (Å²) in [5.41, 5.74) is 0.528. The van der Waals surface area contributed by atoms with E-state index in [1.807, 2.05) is 0 Å². The topological polar surface area (TPSA) is 70.0 Å². The van der Waals surface area contributed by atoms with Crippen LogP contribution in [0, 0.1) is 0 Å². The van der Waals surface area contributed by atoms with Gasteiger partial charge in [0.15, 0.2) is 11.5 Å². The number of hydrogen-bond acceptors (Lipinski definition) is 6. The number of rotatable bonds is 6. The molecule has 1 aromatic heterocycles. The molecule has 0 amide bonds. The van der Waals surface area contributed by atoms with Gasteiger partial charge in [-0.05, 0) is 6.07 Å². The molecule has 0 radical (unpaired) electrons. The van der Waals surface area contributed by atoms with Crippen LogP contribution in [0.4, 0.5) is 0 Å². The van der Waals surface area contributed by atoms with Crippen molar-refractivity contribution in [1.82, 2.24) is 4.98 Å². The van der Waals surface area contributed by atoms with Gasteiger partial charge in [0.05, 0.1) is 33.6 Å². The molecule has 2 rings (SSSR count). The first-order valence-corrected chi connectivity index (χ1v) is 6.25. The number of aliphatic hydroxyl groups is 1. The van der Waals surface area contributed by atoms with Crippen molar-refractivity contribution < 1.29 is 24.1 Å². The van der Waals surface area contributed by atoms with Crippen LogP contribution in [0.3, 0.4) is 0 Å². The van der Waals surface area contributed by atoms with Crippen molar-refractivity contribution in [2.45, 2.75) is 6.61 Å². The van der Waals surface area contributed by atoms with Crippen molar-refractivity contribution in [3.8, 4) is 28.7 Å². The first kappa shape index (κ1) is 14.9. The lowest BCUT2D eigenvalue weighted by Gasteiger charge is -2.14. The SMILES string of the molecule is COc1cc(Oc2ccnc(CO)c2)cc(OC)c1OC. The minimum absolute atomic E-state index is 0.146. The first-order chi connectivity index (χ1) is 10.2. The Bertz CT molecular complexity index is 590. The third-order valence-corrected chi connectivity index (χ3v) is 2.82. The molecule has 1 N–H and O–H groups in total. The molecule has 0 spiro atoms. The summed E-state index contributed by atoms with van der Waals surface area (Å²) in [6.07, 6.45) is 1.57. The molecule has 112 valence electrons. The zero-order valence-electron chi connectivity index (χ0n) is 12.1. The van der Waals surface area contributed by atoms with Crippen LogP contribution in [0.5, 0.6) is 28.7 Å². The van der Waals surface area contributed by atoms with Crippen LogP contribution in [-0.2, 0) is 6.61 Å². The summed E-state index contributed by atoms with van der Waals surface area (Å²) >= 11 is 0. The van der Waals surface area contributed by atoms with E-state index in [0.717, 1.165) is 0 Å². The fourth-order valence-electron chi connectivity index (χ4n) is 1.86. The maximum Gasteiger partial charge on any atom is 0.203 e. The van der Waals surface area contributed by atoms with Gasteiger partial charge in [0.25, 0.3) is 0 Å². The molecule has 21 heavy (non-hydrogen) atoms. The number of hydrogen-bond donors (Lipinski definition) is 1. The van der Waals surface area contributed by atoms with Gasteiger partial charge in [-0.15, -0.1) is 0 Å². The lowest BCUT2D eigenvalue weighted by molar-refractivity contribution is 0.276. The van der Waals surface area contributed by atoms with E-state index in [1.54, 1.807) is 30.5 Å². The quantitative estimate of drug-likeness (QED) is 0.881. The zero-order chi connectivity index (χ0) is 15.2. The summed E-state index contributed by atoms with van der Waals surface area (Å²) in [4.78, 5) is 3.99. The Kier molecular flexibility index (Phi) is 4.84. The maximum absolute atomic E-state index is 9.09. The van der Waals surface area contributed by atoms with E-state index in [0.29, 0.717) is 34.4 Å². The summed E-state index contributed by atoms with van der Waals surface area (Å²) in [5.74, 6) is 2.59. The standard InChI is InChI=1S/C15H17NO5/c1-18-13-7-12(8-14(19-2)15(13)20-3)21-11-4-5-16-10(6-11)9-17/h4-8,17H,9H2,1-3H3. The Morgan fingerprint density at radius 2 is 1.62 bits per heavy atom. The molecule has 6 heteroatoms. The molecule has 0 unspecified atom stereocenters. The normalized spacial score (nSPS) is 10.1. The van der Waals surface area contributed by atoms with Crippen LogP contribution < -0.4 is 18.9 Å². The van der Waals surface area contributed by atoms with E-state index >= 15 is 0 Å². The van der Waals surface area contributed by atoms with Crippen LogP contribution in [0.15, 0.2) is 30.5 Å². The summed E-state index contributed by atoms with van der Waals surface area (Å²) in [7, 11) is 4.62. The van der Waals surface area contributed by atoms with Crippen molar-refractivity contribution >= 4 is 0 Å². The van der Waals surface area contributed by atoms with Crippen molar-refractivity contribution in [1.29, 1.82) is 0 Å². The summed E-state index contributed by atoms with van der Waals surface area (Å²) in [6.45, 7) is -0.146. The summed E-state index contributed by atoms with van der Waals surface area (Å²) < 4.78 is 21.5. The number of ether oxygens (including phenoxy) is 4. The fraction of sp³-hybridized carbons (Fsp3) is 0.267. The molecule has 0 saturated carbocycles. The lowest BCUT2D eigenvalue weighted by Crippen LogP contribution is -1.96. The number of methoxy groups -OCH3 is 3. The highest BCUT2D eigenvalue weighted by molar-refractivity contribution is 5.56. The molecule has 0 atom stereocenters. The molecule has 0 saturated heterocycles. The molecule has 1 heterocycles. The van der Waals surface area contributed by atoms with E-state index in [9.17, 15) is 0 Å². The van der Waals surface area contributed by atoms with Crippen molar-refractivity contribution in [2.75, 3.05) is 21.3 Å². The predicted molar refractivity (Wildman–Crippen MR) is 76.3 cm³/mol. The van der Waals surface area contributed by atoms with Gasteiger partial charge in [-0.2, -0.15) is 0 Å². The number of pyridine rings is 1. The summed E-state index contributed by atoms with van der Waals surface area (Å²) in [6, 6.07) is 6.74. The van der Waals surface area contributed by atoms with Crippen molar-refractivity contribution in [3.05, 3.63) is 36.2 Å². The third-order valence-electron chi connectivity index (χ3n) is 2.82. The molecule has 0 aliphatic rings. The highest BCUT2D eigenvalue weighted by atomic mass is 16.5. The molecule has 0 fully saturated rings. The Morgan fingerprint density at radius 3 is 2.14 bits per heavy atom. The average molecular weight is 291 g/mol. The molecular formula is C15H17NO5. The van der Waals surface area contributed by atoms with E-state index in [2.05, 4.69) is 4.98 Å². The summed E-state index contributed by atoms with van der Waals surface area (Å²) in [5, 5.41) is 9.09. The third kappa shape index (κ3) is 3.35. The van der Waals surface area contributed by atoms with Crippen LogP contribution in [-0.4, -0.2) is 31.4 Å². The van der Waals surface area contributed by atoms with Gasteiger partial charge in [-0.3, -0.25) is 4.98 Å². The fourth-order valence-corrected chi connectivity index (χ4v) is 1.86. The van der Waals surface area contributed by atoms with Gasteiger partial charge in [0.2, 0.25) is 5.75 Å². The number of benzene rings is 1. The maximum atomic E-state index is 9.09. The second-order valence-corrected chi connectivity index (χ2v) is 4.10. The lowest BCUT2D eigenvalue weighted by atomic mass is 10.2. The molecule has 6 nitrogen and oxygen atoms in total. The van der Waals surface area contributed by atoms with Crippen LogP contribution in [0.1, 0.15) is 5.69 Å². The van der Waals surface area contributed by atoms with Gasteiger partial charge in [0, 0.05) is 24.4 Å². The minimum Gasteiger partial charge on any atom is -0.493 e. The largest absolute Gasteiger partial charge is 0.493 e. The number of nitrogens with zero attached hydrogens (tertiary/aromatic N) is 1. The van der Waals surface area contributed by atoms with E-state index < -0.39 is 0 Å². The monoisotopic (exact) mass is 291 g/mol. The highest BCUT2D eigenvalue weighted by Gasteiger charge is 2.14. The minimum atomic E-state index is -0.146. The molecule has 0 aliphatic carbocycles. The van der Waals surface area contributed by atoms with Gasteiger partial charge in [-0.25, -0.2) is 0 Å². The van der Waals surface area contributed by atoms with E-state index in [-0.39, 0.29) is 6.61 Å². The average Bonchev–Trinajstić information content (AvgIpc) is 2.53. The Hall–Kier alpha value is -2.47. The number of aromatic nitrogens is 1. The van der Waals surface area contributed by atoms with Crippen LogP contribution >= 0.6 is 0 Å². The van der Waals surface area contributed by atoms with Gasteiger partial charge < -0.3 is 24.1 Å². The van der Waals surface area contributed by atoms with E-state index in [4.69, 9.17) is 24.1 Å². The van der Waals surface area contributed by atoms with E-state index in [1.165, 1.54) is 21.3 Å². The zero-order valence-corrected chi connectivity index (χ0v) is 12.1. The second-order valence-electron chi connectivity index (χ2n) is 4.10. The molecular weight excluding hydrogens is 274 g/mol. The van der Waals surface area contributed by atoms with Crippen LogP contribution in [0.2, 0.25) is 0 Å². The first-order valence-electron chi connectivity index (χ1n) is 6.25. The van der Waals surface area contributed by atoms with Crippen molar-refractivity contribution in [2.24, 2.45) is 0 Å². The Labute approximate surface area is 122 Å². The Morgan fingerprint density at radius 1 is 0.952 bits per heavy atom. The Balaban J connectivity index is 2.35. The van der Waals surface area contributed by atoms with Gasteiger partial charge in [0.1, 0.15) is 11.5 Å². The van der Waals surface area contributed by atoms with Crippen molar-refractivity contribution in [3.63, 3.8) is 0 Å². The predicted octanol–water partition coefficient (Wildman–Crippen LogP) is 2.39. The molecule has 0 aliphatic heterocycles. The second kappa shape index (κ2) is 6.81. The van der Waals surface area contributed by atoms with Gasteiger partial charge in [-0.1, -0.05) is 0 Å².